The number of hydrogen-bond acceptors (Lipinski definition) is 0. The largest absolute Gasteiger partial charge is 1.00 e. The summed E-state index contributed by atoms with van der Waals surface area (Å²) in [5, 5.41) is 0. The van der Waals surface area contributed by atoms with Gasteiger partial charge in [-0.05, 0) is 11.6 Å². The van der Waals surface area contributed by atoms with Crippen LogP contribution in [0.25, 0.3) is 11.1 Å². The zero-order chi connectivity index (χ0) is 12.9. The van der Waals surface area contributed by atoms with Gasteiger partial charge in [-0.25, -0.2) is 4.57 Å². The molecule has 0 aliphatic heterocycles. The fourth-order valence-corrected chi connectivity index (χ4v) is 2.22. The lowest BCUT2D eigenvalue weighted by atomic mass is 10.1. The fraction of sp³-hybridized carbons (Fsp3) is 0.0556. The topological polar surface area (TPSA) is 3.88 Å². The summed E-state index contributed by atoms with van der Waals surface area (Å²) in [4.78, 5) is 0. The number of hydrogen-bond donors (Lipinski definition) is 0. The second kappa shape index (κ2) is 6.88. The van der Waals surface area contributed by atoms with E-state index in [0.717, 1.165) is 6.54 Å². The fourth-order valence-electron chi connectivity index (χ4n) is 2.22. The van der Waals surface area contributed by atoms with E-state index in [1.165, 1.54) is 16.7 Å². The molecule has 0 unspecified atom stereocenters. The summed E-state index contributed by atoms with van der Waals surface area (Å²) < 4.78 is 2.22. The van der Waals surface area contributed by atoms with Crippen LogP contribution in [0.2, 0.25) is 0 Å². The first-order valence-corrected chi connectivity index (χ1v) is 6.50. The second-order valence-corrected chi connectivity index (χ2v) is 4.62. The van der Waals surface area contributed by atoms with Gasteiger partial charge in [-0.1, -0.05) is 60.7 Å². The maximum Gasteiger partial charge on any atom is 0.176 e. The Hall–Kier alpha value is -2.12. The molecule has 0 bridgehead atoms. The highest BCUT2D eigenvalue weighted by Gasteiger charge is 2.05. The van der Waals surface area contributed by atoms with Gasteiger partial charge >= 0.3 is 0 Å². The van der Waals surface area contributed by atoms with Crippen molar-refractivity contribution in [3.05, 3.63) is 90.8 Å². The summed E-state index contributed by atoms with van der Waals surface area (Å²) in [6, 6.07) is 25.2. The van der Waals surface area contributed by atoms with Crippen LogP contribution >= 0.6 is 0 Å². The number of nitrogens with zero attached hydrogens (tertiary/aromatic N) is 1. The van der Waals surface area contributed by atoms with Crippen LogP contribution in [0.4, 0.5) is 0 Å². The van der Waals surface area contributed by atoms with Crippen LogP contribution in [0, 0.1) is 0 Å². The van der Waals surface area contributed by atoms with Crippen molar-refractivity contribution in [2.45, 2.75) is 6.54 Å². The van der Waals surface area contributed by atoms with Crippen LogP contribution in [0.15, 0.2) is 85.2 Å². The van der Waals surface area contributed by atoms with E-state index >= 15 is 0 Å². The monoisotopic (exact) mass is 281 g/mol. The van der Waals surface area contributed by atoms with Gasteiger partial charge < -0.3 is 12.4 Å². The lowest BCUT2D eigenvalue weighted by Gasteiger charge is -2.01. The predicted molar refractivity (Wildman–Crippen MR) is 77.6 cm³/mol. The molecule has 3 aromatic rings. The Labute approximate surface area is 125 Å². The minimum absolute atomic E-state index is 0. The van der Waals surface area contributed by atoms with Crippen molar-refractivity contribution in [3.8, 4) is 11.1 Å². The van der Waals surface area contributed by atoms with Crippen molar-refractivity contribution in [2.75, 3.05) is 0 Å². The van der Waals surface area contributed by atoms with E-state index < -0.39 is 0 Å². The molecule has 0 amide bonds. The smallest absolute Gasteiger partial charge is 0.176 e. The zero-order valence-corrected chi connectivity index (χ0v) is 11.9. The lowest BCUT2D eigenvalue weighted by Crippen LogP contribution is -3.00. The van der Waals surface area contributed by atoms with Gasteiger partial charge in [0, 0.05) is 17.2 Å². The first-order valence-electron chi connectivity index (χ1n) is 6.50. The minimum atomic E-state index is 0. The third kappa shape index (κ3) is 3.46. The van der Waals surface area contributed by atoms with E-state index in [0.29, 0.717) is 0 Å². The molecule has 100 valence electrons. The van der Waals surface area contributed by atoms with Crippen LogP contribution in [0.3, 0.4) is 0 Å². The normalized spacial score (nSPS) is 9.80. The Bertz CT molecular complexity index is 651. The predicted octanol–water partition coefficient (Wildman–Crippen LogP) is 0.693. The van der Waals surface area contributed by atoms with Crippen LogP contribution in [-0.4, -0.2) is 0 Å². The zero-order valence-electron chi connectivity index (χ0n) is 11.1. The average molecular weight is 282 g/mol. The summed E-state index contributed by atoms with van der Waals surface area (Å²) >= 11 is 0. The number of halogens is 1. The molecule has 0 aliphatic rings. The van der Waals surface area contributed by atoms with Crippen LogP contribution in [-0.2, 0) is 6.54 Å². The van der Waals surface area contributed by atoms with Gasteiger partial charge in [0.05, 0.1) is 0 Å². The summed E-state index contributed by atoms with van der Waals surface area (Å²) in [5.41, 5.74) is 3.82. The van der Waals surface area contributed by atoms with Gasteiger partial charge in [-0.3, -0.25) is 0 Å². The quantitative estimate of drug-likeness (QED) is 0.622. The van der Waals surface area contributed by atoms with Crippen molar-refractivity contribution < 1.29 is 17.0 Å². The van der Waals surface area contributed by atoms with E-state index in [1.54, 1.807) is 0 Å². The summed E-state index contributed by atoms with van der Waals surface area (Å²) in [5.74, 6) is 0. The molecule has 0 fully saturated rings. The van der Waals surface area contributed by atoms with E-state index in [4.69, 9.17) is 0 Å². The molecular formula is C18H16ClN. The molecule has 2 aromatic carbocycles. The Kier molecular flexibility index (Phi) is 4.91. The third-order valence-corrected chi connectivity index (χ3v) is 3.17. The third-order valence-electron chi connectivity index (χ3n) is 3.17. The van der Waals surface area contributed by atoms with Crippen LogP contribution < -0.4 is 17.0 Å². The van der Waals surface area contributed by atoms with E-state index in [-0.39, 0.29) is 12.4 Å². The molecular weight excluding hydrogens is 266 g/mol. The van der Waals surface area contributed by atoms with Gasteiger partial charge in [-0.15, -0.1) is 0 Å². The molecule has 0 N–H and O–H groups in total. The van der Waals surface area contributed by atoms with Gasteiger partial charge in [0.25, 0.3) is 0 Å². The van der Waals surface area contributed by atoms with Crippen LogP contribution in [0.5, 0.6) is 0 Å². The molecule has 1 nitrogen and oxygen atoms in total. The standard InChI is InChI=1S/C18H16N.ClH/c1-3-8-16(9-4-1)14-19-13-7-12-18(15-19)17-10-5-2-6-11-17;/h1-13,15H,14H2;1H/q+1;/p-1. The van der Waals surface area contributed by atoms with Crippen LogP contribution in [0.1, 0.15) is 5.56 Å². The molecule has 0 radical (unpaired) electrons. The Morgan fingerprint density at radius 2 is 1.25 bits per heavy atom. The van der Waals surface area contributed by atoms with Gasteiger partial charge in [0.1, 0.15) is 0 Å². The van der Waals surface area contributed by atoms with Gasteiger partial charge in [0.2, 0.25) is 0 Å². The average Bonchev–Trinajstić information content (AvgIpc) is 2.49. The minimum Gasteiger partial charge on any atom is -1.00 e. The summed E-state index contributed by atoms with van der Waals surface area (Å²) in [6.45, 7) is 0.904. The summed E-state index contributed by atoms with van der Waals surface area (Å²) in [6.07, 6.45) is 4.31. The van der Waals surface area contributed by atoms with E-state index in [1.807, 2.05) is 6.07 Å². The highest BCUT2D eigenvalue weighted by atomic mass is 35.5. The molecule has 0 saturated carbocycles. The number of aromatic nitrogens is 1. The van der Waals surface area contributed by atoms with E-state index in [2.05, 4.69) is 83.7 Å². The molecule has 3 rings (SSSR count). The molecule has 1 heterocycles. The Morgan fingerprint density at radius 3 is 1.95 bits per heavy atom. The molecule has 0 atom stereocenters. The summed E-state index contributed by atoms with van der Waals surface area (Å²) in [7, 11) is 0. The molecule has 2 heteroatoms. The molecule has 1 aromatic heterocycles. The van der Waals surface area contributed by atoms with Gasteiger partial charge in [-0.2, -0.15) is 0 Å². The van der Waals surface area contributed by atoms with Crippen molar-refractivity contribution in [1.29, 1.82) is 0 Å². The number of pyridine rings is 1. The van der Waals surface area contributed by atoms with Crippen molar-refractivity contribution >= 4 is 0 Å². The number of rotatable bonds is 3. The highest BCUT2D eigenvalue weighted by molar-refractivity contribution is 5.61. The van der Waals surface area contributed by atoms with E-state index in [9.17, 15) is 0 Å². The van der Waals surface area contributed by atoms with Crippen molar-refractivity contribution in [1.82, 2.24) is 0 Å². The molecule has 0 aliphatic carbocycles. The molecule has 20 heavy (non-hydrogen) atoms. The Morgan fingerprint density at radius 1 is 0.650 bits per heavy atom. The SMILES string of the molecule is [Cl-].c1ccc(C[n+]2cccc(-c3ccccc3)c2)cc1. The molecule has 0 spiro atoms. The lowest BCUT2D eigenvalue weighted by molar-refractivity contribution is -0.687. The number of benzene rings is 2. The molecule has 0 saturated heterocycles. The first-order chi connectivity index (χ1) is 9.42. The highest BCUT2D eigenvalue weighted by Crippen LogP contribution is 2.16. The van der Waals surface area contributed by atoms with Crippen molar-refractivity contribution in [2.24, 2.45) is 0 Å². The van der Waals surface area contributed by atoms with Crippen molar-refractivity contribution in [3.63, 3.8) is 0 Å². The van der Waals surface area contributed by atoms with Gasteiger partial charge in [0.15, 0.2) is 18.9 Å². The maximum absolute atomic E-state index is 2.22. The Balaban J connectivity index is 0.00000147. The first kappa shape index (κ1) is 14.3. The maximum atomic E-state index is 2.22. The second-order valence-electron chi connectivity index (χ2n) is 4.62.